The van der Waals surface area contributed by atoms with Gasteiger partial charge in [-0.3, -0.25) is 4.98 Å². The Labute approximate surface area is 118 Å². The third kappa shape index (κ3) is 2.07. The monoisotopic (exact) mass is 279 g/mol. The maximum atomic E-state index is 10.8. The lowest BCUT2D eigenvalue weighted by molar-refractivity contribution is 0.0696. The number of hydrogen-bond donors (Lipinski definition) is 3. The molecule has 0 unspecified atom stereocenters. The number of aromatic amines is 1. The molecule has 2 heterocycles. The number of aromatic nitrogens is 2. The number of nitrogens with one attached hydrogen (secondary N) is 1. The van der Waals surface area contributed by atoms with E-state index in [0.29, 0.717) is 27.7 Å². The lowest BCUT2D eigenvalue weighted by Crippen LogP contribution is -1.96. The molecule has 102 valence electrons. The van der Waals surface area contributed by atoms with Crippen LogP contribution in [0.1, 0.15) is 15.9 Å². The van der Waals surface area contributed by atoms with Gasteiger partial charge in [-0.15, -0.1) is 0 Å². The van der Waals surface area contributed by atoms with E-state index in [4.69, 9.17) is 10.4 Å². The number of carbonyl (C=O) groups is 1. The molecule has 0 saturated carbocycles. The van der Waals surface area contributed by atoms with E-state index in [1.165, 1.54) is 18.3 Å². The van der Waals surface area contributed by atoms with Crippen molar-refractivity contribution in [1.29, 1.82) is 5.26 Å². The summed E-state index contributed by atoms with van der Waals surface area (Å²) < 4.78 is 0. The Kier molecular flexibility index (Phi) is 2.81. The van der Waals surface area contributed by atoms with Gasteiger partial charge in [0.1, 0.15) is 0 Å². The number of fused-ring (bicyclic) bond motifs is 1. The summed E-state index contributed by atoms with van der Waals surface area (Å²) in [5, 5.41) is 28.5. The molecule has 21 heavy (non-hydrogen) atoms. The summed E-state index contributed by atoms with van der Waals surface area (Å²) in [5.74, 6) is -1.14. The van der Waals surface area contributed by atoms with E-state index in [-0.39, 0.29) is 11.4 Å². The maximum absolute atomic E-state index is 10.8. The summed E-state index contributed by atoms with van der Waals surface area (Å²) in [7, 11) is 0. The standard InChI is InChI=1S/C15H9N3O3/c16-6-8-1-3-11-10(5-8)13(14(19)18-11)12-4-2-9(7-17-12)15(20)21/h1-5,7,18-19H,(H,20,21). The molecule has 0 bridgehead atoms. The zero-order valence-corrected chi connectivity index (χ0v) is 10.7. The van der Waals surface area contributed by atoms with Gasteiger partial charge < -0.3 is 15.2 Å². The molecular formula is C15H9N3O3. The van der Waals surface area contributed by atoms with Crippen molar-refractivity contribution in [2.24, 2.45) is 0 Å². The fourth-order valence-electron chi connectivity index (χ4n) is 2.17. The van der Waals surface area contributed by atoms with Crippen LogP contribution in [-0.2, 0) is 0 Å². The zero-order chi connectivity index (χ0) is 15.0. The minimum absolute atomic E-state index is 0.0656. The van der Waals surface area contributed by atoms with E-state index in [1.54, 1.807) is 18.2 Å². The topological polar surface area (TPSA) is 110 Å². The number of H-pyrrole nitrogens is 1. The Hall–Kier alpha value is -3.33. The van der Waals surface area contributed by atoms with Crippen LogP contribution in [0.4, 0.5) is 0 Å². The third-order valence-corrected chi connectivity index (χ3v) is 3.17. The molecular weight excluding hydrogens is 270 g/mol. The quantitative estimate of drug-likeness (QED) is 0.667. The smallest absolute Gasteiger partial charge is 0.337 e. The molecule has 0 fully saturated rings. The predicted octanol–water partition coefficient (Wildman–Crippen LogP) is 2.51. The van der Waals surface area contributed by atoms with Crippen LogP contribution in [0.3, 0.4) is 0 Å². The van der Waals surface area contributed by atoms with Gasteiger partial charge >= 0.3 is 5.97 Å². The number of pyridine rings is 1. The van der Waals surface area contributed by atoms with Crippen LogP contribution in [0.5, 0.6) is 5.88 Å². The van der Waals surface area contributed by atoms with E-state index in [1.807, 2.05) is 6.07 Å². The van der Waals surface area contributed by atoms with Crippen LogP contribution < -0.4 is 0 Å². The number of aromatic hydroxyl groups is 1. The molecule has 6 heteroatoms. The van der Waals surface area contributed by atoms with Gasteiger partial charge in [0, 0.05) is 17.1 Å². The number of nitriles is 1. The summed E-state index contributed by atoms with van der Waals surface area (Å²) in [4.78, 5) is 17.7. The van der Waals surface area contributed by atoms with Crippen LogP contribution in [0.15, 0.2) is 36.5 Å². The largest absolute Gasteiger partial charge is 0.494 e. The minimum Gasteiger partial charge on any atom is -0.494 e. The summed E-state index contributed by atoms with van der Waals surface area (Å²) in [6.07, 6.45) is 1.23. The van der Waals surface area contributed by atoms with Gasteiger partial charge in [-0.1, -0.05) is 0 Å². The highest BCUT2D eigenvalue weighted by atomic mass is 16.4. The average molecular weight is 279 g/mol. The lowest BCUT2D eigenvalue weighted by atomic mass is 10.1. The summed E-state index contributed by atoms with van der Waals surface area (Å²) in [6, 6.07) is 9.96. The molecule has 0 aliphatic carbocycles. The van der Waals surface area contributed by atoms with Gasteiger partial charge in [0.25, 0.3) is 0 Å². The highest BCUT2D eigenvalue weighted by molar-refractivity contribution is 5.99. The van der Waals surface area contributed by atoms with Gasteiger partial charge in [0.05, 0.1) is 28.5 Å². The number of nitrogens with zero attached hydrogens (tertiary/aromatic N) is 2. The van der Waals surface area contributed by atoms with Crippen LogP contribution in [0.25, 0.3) is 22.2 Å². The zero-order valence-electron chi connectivity index (χ0n) is 10.7. The average Bonchev–Trinajstić information content (AvgIpc) is 2.82. The van der Waals surface area contributed by atoms with Crippen molar-refractivity contribution in [2.75, 3.05) is 0 Å². The van der Waals surface area contributed by atoms with Gasteiger partial charge in [-0.25, -0.2) is 4.79 Å². The van der Waals surface area contributed by atoms with Crippen molar-refractivity contribution in [2.45, 2.75) is 0 Å². The molecule has 0 spiro atoms. The van der Waals surface area contributed by atoms with Crippen molar-refractivity contribution in [1.82, 2.24) is 9.97 Å². The SMILES string of the molecule is N#Cc1ccc2[nH]c(O)c(-c3ccc(C(=O)O)cn3)c2c1. The molecule has 3 N–H and O–H groups in total. The fourth-order valence-corrected chi connectivity index (χ4v) is 2.17. The van der Waals surface area contributed by atoms with Crippen molar-refractivity contribution in [3.8, 4) is 23.2 Å². The van der Waals surface area contributed by atoms with E-state index in [2.05, 4.69) is 9.97 Å². The Morgan fingerprint density at radius 1 is 1.29 bits per heavy atom. The number of rotatable bonds is 2. The minimum atomic E-state index is -1.07. The lowest BCUT2D eigenvalue weighted by Gasteiger charge is -2.01. The van der Waals surface area contributed by atoms with E-state index >= 15 is 0 Å². The van der Waals surface area contributed by atoms with Gasteiger partial charge in [0.15, 0.2) is 5.88 Å². The highest BCUT2D eigenvalue weighted by Gasteiger charge is 2.15. The highest BCUT2D eigenvalue weighted by Crippen LogP contribution is 2.35. The van der Waals surface area contributed by atoms with Crippen LogP contribution in [0.2, 0.25) is 0 Å². The van der Waals surface area contributed by atoms with Gasteiger partial charge in [-0.05, 0) is 30.3 Å². The molecule has 0 amide bonds. The van der Waals surface area contributed by atoms with Crippen LogP contribution in [-0.4, -0.2) is 26.2 Å². The second-order valence-electron chi connectivity index (χ2n) is 4.46. The van der Waals surface area contributed by atoms with Crippen molar-refractivity contribution in [3.05, 3.63) is 47.7 Å². The summed E-state index contributed by atoms with van der Waals surface area (Å²) in [5.41, 5.74) is 2.07. The maximum Gasteiger partial charge on any atom is 0.337 e. The van der Waals surface area contributed by atoms with Gasteiger partial charge in [-0.2, -0.15) is 5.26 Å². The normalized spacial score (nSPS) is 10.4. The fraction of sp³-hybridized carbons (Fsp3) is 0. The molecule has 3 aromatic rings. The second-order valence-corrected chi connectivity index (χ2v) is 4.46. The predicted molar refractivity (Wildman–Crippen MR) is 74.9 cm³/mol. The number of aromatic carboxylic acids is 1. The number of hydrogen-bond acceptors (Lipinski definition) is 4. The van der Waals surface area contributed by atoms with E-state index < -0.39 is 5.97 Å². The Morgan fingerprint density at radius 3 is 2.71 bits per heavy atom. The first kappa shape index (κ1) is 12.7. The molecule has 0 atom stereocenters. The first-order valence-electron chi connectivity index (χ1n) is 6.04. The number of carboxylic acid groups (broad SMARTS) is 1. The van der Waals surface area contributed by atoms with Crippen LogP contribution >= 0.6 is 0 Å². The van der Waals surface area contributed by atoms with E-state index in [0.717, 1.165) is 0 Å². The molecule has 1 aromatic carbocycles. The van der Waals surface area contributed by atoms with Crippen molar-refractivity contribution in [3.63, 3.8) is 0 Å². The number of benzene rings is 1. The third-order valence-electron chi connectivity index (χ3n) is 3.17. The molecule has 0 saturated heterocycles. The summed E-state index contributed by atoms with van der Waals surface area (Å²) >= 11 is 0. The van der Waals surface area contributed by atoms with Crippen LogP contribution in [0, 0.1) is 11.3 Å². The van der Waals surface area contributed by atoms with Gasteiger partial charge in [0.2, 0.25) is 0 Å². The molecule has 2 aromatic heterocycles. The molecule has 0 aliphatic heterocycles. The molecule has 6 nitrogen and oxygen atoms in total. The first-order valence-corrected chi connectivity index (χ1v) is 6.04. The first-order chi connectivity index (χ1) is 10.1. The van der Waals surface area contributed by atoms with Crippen molar-refractivity contribution < 1.29 is 15.0 Å². The van der Waals surface area contributed by atoms with Crippen molar-refractivity contribution >= 4 is 16.9 Å². The van der Waals surface area contributed by atoms with E-state index in [9.17, 15) is 9.90 Å². The molecule has 0 radical (unpaired) electrons. The molecule has 3 rings (SSSR count). The molecule has 0 aliphatic rings. The summed E-state index contributed by atoms with van der Waals surface area (Å²) in [6.45, 7) is 0. The Bertz CT molecular complexity index is 889. The second kappa shape index (κ2) is 4.65. The number of carboxylic acids is 1. The Balaban J connectivity index is 2.21. The Morgan fingerprint density at radius 2 is 2.10 bits per heavy atom.